The minimum absolute atomic E-state index is 0.0886. The van der Waals surface area contributed by atoms with E-state index in [2.05, 4.69) is 4.74 Å². The molecular weight excluding hydrogens is 350 g/mol. The molecule has 138 valence electrons. The van der Waals surface area contributed by atoms with Gasteiger partial charge in [0.2, 0.25) is 0 Å². The van der Waals surface area contributed by atoms with Crippen LogP contribution in [-0.2, 0) is 4.74 Å². The molecule has 2 aliphatic heterocycles. The van der Waals surface area contributed by atoms with Crippen LogP contribution in [0.25, 0.3) is 0 Å². The average molecular weight is 364 g/mol. The molecule has 0 bridgehead atoms. The molecule has 0 aromatic heterocycles. The van der Waals surface area contributed by atoms with Gasteiger partial charge in [-0.2, -0.15) is 26.3 Å². The Kier molecular flexibility index (Phi) is 4.53. The molecule has 2 rings (SSSR count). The van der Waals surface area contributed by atoms with Crippen LogP contribution in [0.1, 0.15) is 12.8 Å². The van der Waals surface area contributed by atoms with Crippen molar-refractivity contribution < 1.29 is 45.8 Å². The van der Waals surface area contributed by atoms with Crippen LogP contribution < -0.4 is 0 Å². The molecule has 0 saturated carbocycles. The van der Waals surface area contributed by atoms with Crippen LogP contribution in [0.15, 0.2) is 0 Å². The van der Waals surface area contributed by atoms with Crippen molar-refractivity contribution in [2.24, 2.45) is 5.41 Å². The fraction of sp³-hybridized carbons (Fsp3) is 0.833. The molecule has 2 aliphatic rings. The average Bonchev–Trinajstić information content (AvgIpc) is 2.39. The van der Waals surface area contributed by atoms with Crippen molar-refractivity contribution in [2.45, 2.75) is 31.3 Å². The highest BCUT2D eigenvalue weighted by Crippen LogP contribution is 2.41. The summed E-state index contributed by atoms with van der Waals surface area (Å²) in [6.07, 6.45) is -17.9. The summed E-state index contributed by atoms with van der Waals surface area (Å²) < 4.78 is 77.9. The lowest BCUT2D eigenvalue weighted by Crippen LogP contribution is -2.62. The number of likely N-dealkylation sites (tertiary alicyclic amines) is 2. The maximum absolute atomic E-state index is 12.4. The third-order valence-corrected chi connectivity index (χ3v) is 4.22. The number of carboxylic acid groups (broad SMARTS) is 1. The van der Waals surface area contributed by atoms with E-state index in [1.165, 1.54) is 0 Å². The van der Waals surface area contributed by atoms with E-state index in [1.807, 2.05) is 0 Å². The van der Waals surface area contributed by atoms with E-state index in [-0.39, 0.29) is 44.4 Å². The standard InChI is InChI=1S/C12H14F6N2O4/c13-11(14,15)7(12(16,17)18)24-9(23)19-3-1-10(2-4-19)5-20(6-10)8(21)22/h7H,1-6H2,(H,21,22). The first-order chi connectivity index (χ1) is 10.8. The van der Waals surface area contributed by atoms with Gasteiger partial charge in [0.05, 0.1) is 0 Å². The van der Waals surface area contributed by atoms with E-state index in [1.54, 1.807) is 0 Å². The Morgan fingerprint density at radius 1 is 0.958 bits per heavy atom. The van der Waals surface area contributed by atoms with Gasteiger partial charge >= 0.3 is 24.5 Å². The van der Waals surface area contributed by atoms with E-state index in [9.17, 15) is 35.9 Å². The number of amides is 2. The number of halogens is 6. The number of carbonyl (C=O) groups excluding carboxylic acids is 1. The highest BCUT2D eigenvalue weighted by molar-refractivity contribution is 5.68. The van der Waals surface area contributed by atoms with E-state index in [4.69, 9.17) is 5.11 Å². The molecule has 2 heterocycles. The minimum Gasteiger partial charge on any atom is -0.465 e. The van der Waals surface area contributed by atoms with Crippen LogP contribution in [0.2, 0.25) is 0 Å². The molecule has 1 spiro atoms. The SMILES string of the molecule is O=C(O)N1CC2(CCN(C(=O)OC(C(F)(F)F)C(F)(F)F)CC2)C1. The Morgan fingerprint density at radius 3 is 1.79 bits per heavy atom. The molecule has 2 amide bonds. The number of carbonyl (C=O) groups is 2. The van der Waals surface area contributed by atoms with Gasteiger partial charge in [0.1, 0.15) is 0 Å². The van der Waals surface area contributed by atoms with Gasteiger partial charge < -0.3 is 19.6 Å². The molecular formula is C12H14F6N2O4. The number of rotatable bonds is 1. The Labute approximate surface area is 131 Å². The van der Waals surface area contributed by atoms with Gasteiger partial charge in [0.15, 0.2) is 0 Å². The van der Waals surface area contributed by atoms with E-state index in [0.29, 0.717) is 0 Å². The summed E-state index contributed by atoms with van der Waals surface area (Å²) in [6, 6.07) is 0. The van der Waals surface area contributed by atoms with Gasteiger partial charge in [0, 0.05) is 31.6 Å². The lowest BCUT2D eigenvalue weighted by molar-refractivity contribution is -0.308. The maximum Gasteiger partial charge on any atom is 0.434 e. The summed E-state index contributed by atoms with van der Waals surface area (Å²) in [4.78, 5) is 24.2. The van der Waals surface area contributed by atoms with Gasteiger partial charge in [-0.05, 0) is 12.8 Å². The third kappa shape index (κ3) is 3.78. The maximum atomic E-state index is 12.4. The van der Waals surface area contributed by atoms with Crippen molar-refractivity contribution in [3.05, 3.63) is 0 Å². The fourth-order valence-electron chi connectivity index (χ4n) is 2.87. The predicted molar refractivity (Wildman–Crippen MR) is 65.2 cm³/mol. The van der Waals surface area contributed by atoms with Gasteiger partial charge in [-0.3, -0.25) is 0 Å². The molecule has 1 N–H and O–H groups in total. The summed E-state index contributed by atoms with van der Waals surface area (Å²) in [5.74, 6) is 0. The first-order valence-electron chi connectivity index (χ1n) is 6.91. The molecule has 2 fully saturated rings. The van der Waals surface area contributed by atoms with Gasteiger partial charge in [-0.1, -0.05) is 0 Å². The number of hydrogen-bond acceptors (Lipinski definition) is 3. The summed E-state index contributed by atoms with van der Waals surface area (Å²) in [6.45, 7) is 0.293. The predicted octanol–water partition coefficient (Wildman–Crippen LogP) is 2.69. The highest BCUT2D eigenvalue weighted by atomic mass is 19.4. The van der Waals surface area contributed by atoms with Crippen molar-refractivity contribution in [1.82, 2.24) is 9.80 Å². The summed E-state index contributed by atoms with van der Waals surface area (Å²) in [5, 5.41) is 8.77. The molecule has 0 unspecified atom stereocenters. The molecule has 0 aliphatic carbocycles. The number of nitrogens with zero attached hydrogens (tertiary/aromatic N) is 2. The van der Waals surface area contributed by atoms with Crippen molar-refractivity contribution >= 4 is 12.2 Å². The monoisotopic (exact) mass is 364 g/mol. The van der Waals surface area contributed by atoms with Gasteiger partial charge in [0.25, 0.3) is 6.10 Å². The molecule has 6 nitrogen and oxygen atoms in total. The van der Waals surface area contributed by atoms with Gasteiger partial charge in [-0.25, -0.2) is 9.59 Å². The van der Waals surface area contributed by atoms with Crippen molar-refractivity contribution in [3.63, 3.8) is 0 Å². The summed E-state index contributed by atoms with van der Waals surface area (Å²) >= 11 is 0. The Bertz CT molecular complexity index is 491. The molecule has 2 saturated heterocycles. The smallest absolute Gasteiger partial charge is 0.434 e. The summed E-state index contributed by atoms with van der Waals surface area (Å²) in [7, 11) is 0. The lowest BCUT2D eigenvalue weighted by Gasteiger charge is -2.52. The van der Waals surface area contributed by atoms with Crippen LogP contribution in [0.3, 0.4) is 0 Å². The zero-order chi connectivity index (χ0) is 18.3. The van der Waals surface area contributed by atoms with Crippen molar-refractivity contribution in [2.75, 3.05) is 26.2 Å². The van der Waals surface area contributed by atoms with Crippen molar-refractivity contribution in [1.29, 1.82) is 0 Å². The number of hydrogen-bond donors (Lipinski definition) is 1. The lowest BCUT2D eigenvalue weighted by atomic mass is 9.72. The minimum atomic E-state index is -5.75. The quantitative estimate of drug-likeness (QED) is 0.727. The number of alkyl halides is 6. The molecule has 24 heavy (non-hydrogen) atoms. The van der Waals surface area contributed by atoms with E-state index < -0.39 is 30.6 Å². The second-order valence-electron chi connectivity index (χ2n) is 5.97. The Balaban J connectivity index is 1.90. The third-order valence-electron chi connectivity index (χ3n) is 4.22. The van der Waals surface area contributed by atoms with Crippen LogP contribution in [-0.4, -0.2) is 71.7 Å². The molecule has 0 aromatic rings. The first kappa shape index (κ1) is 18.5. The molecule has 12 heteroatoms. The molecule has 0 atom stereocenters. The second kappa shape index (κ2) is 5.88. The molecule has 0 aromatic carbocycles. The largest absolute Gasteiger partial charge is 0.465 e. The van der Waals surface area contributed by atoms with Crippen LogP contribution in [0.5, 0.6) is 0 Å². The topological polar surface area (TPSA) is 70.1 Å². The van der Waals surface area contributed by atoms with E-state index >= 15 is 0 Å². The zero-order valence-electron chi connectivity index (χ0n) is 12.2. The van der Waals surface area contributed by atoms with Gasteiger partial charge in [-0.15, -0.1) is 0 Å². The Morgan fingerprint density at radius 2 is 1.42 bits per heavy atom. The van der Waals surface area contributed by atoms with Crippen LogP contribution in [0.4, 0.5) is 35.9 Å². The van der Waals surface area contributed by atoms with Crippen LogP contribution >= 0.6 is 0 Å². The Hall–Kier alpha value is -1.88. The van der Waals surface area contributed by atoms with Crippen molar-refractivity contribution in [3.8, 4) is 0 Å². The van der Waals surface area contributed by atoms with E-state index in [0.717, 1.165) is 9.80 Å². The molecule has 0 radical (unpaired) electrons. The number of piperidine rings is 1. The fourth-order valence-corrected chi connectivity index (χ4v) is 2.87. The first-order valence-corrected chi connectivity index (χ1v) is 6.91. The second-order valence-corrected chi connectivity index (χ2v) is 5.97. The zero-order valence-corrected chi connectivity index (χ0v) is 12.2. The number of ether oxygens (including phenoxy) is 1. The van der Waals surface area contributed by atoms with Crippen LogP contribution in [0, 0.1) is 5.41 Å². The summed E-state index contributed by atoms with van der Waals surface area (Å²) in [5.41, 5.74) is -0.372. The normalized spacial score (nSPS) is 21.0. The highest BCUT2D eigenvalue weighted by Gasteiger charge is 2.60.